The number of carbonyl (C=O) groups excluding carboxylic acids is 2. The molecule has 0 aliphatic rings. The van der Waals surface area contributed by atoms with Gasteiger partial charge >= 0.3 is 0 Å². The number of likely N-dealkylation sites (N-methyl/N-ethyl adjacent to an activating group) is 1. The minimum atomic E-state index is -0.222. The molecule has 6 heteroatoms. The lowest BCUT2D eigenvalue weighted by Gasteiger charge is -2.16. The van der Waals surface area contributed by atoms with Crippen LogP contribution in [0.4, 0.5) is 5.69 Å². The van der Waals surface area contributed by atoms with E-state index in [1.807, 2.05) is 29.6 Å². The monoisotopic (exact) mass is 352 g/mol. The zero-order valence-electron chi connectivity index (χ0n) is 10.8. The van der Waals surface area contributed by atoms with Gasteiger partial charge in [0.05, 0.1) is 6.54 Å². The zero-order valence-corrected chi connectivity index (χ0v) is 13.2. The van der Waals surface area contributed by atoms with Gasteiger partial charge in [0, 0.05) is 17.2 Å². The van der Waals surface area contributed by atoms with Crippen molar-refractivity contribution in [1.29, 1.82) is 0 Å². The van der Waals surface area contributed by atoms with Crippen LogP contribution in [0.15, 0.2) is 46.3 Å². The van der Waals surface area contributed by atoms with E-state index >= 15 is 0 Å². The van der Waals surface area contributed by atoms with Gasteiger partial charge in [0.2, 0.25) is 5.91 Å². The van der Waals surface area contributed by atoms with Crippen molar-refractivity contribution in [3.8, 4) is 0 Å². The van der Waals surface area contributed by atoms with Crippen molar-refractivity contribution in [2.24, 2.45) is 0 Å². The van der Waals surface area contributed by atoms with Crippen LogP contribution >= 0.6 is 27.3 Å². The Morgan fingerprint density at radius 3 is 2.55 bits per heavy atom. The van der Waals surface area contributed by atoms with E-state index in [4.69, 9.17) is 0 Å². The Hall–Kier alpha value is -1.66. The van der Waals surface area contributed by atoms with Crippen molar-refractivity contribution in [1.82, 2.24) is 4.90 Å². The Labute approximate surface area is 129 Å². The Kier molecular flexibility index (Phi) is 4.92. The van der Waals surface area contributed by atoms with E-state index in [2.05, 4.69) is 21.2 Å². The van der Waals surface area contributed by atoms with Crippen LogP contribution in [-0.4, -0.2) is 30.3 Å². The van der Waals surface area contributed by atoms with E-state index in [-0.39, 0.29) is 18.4 Å². The molecule has 0 fully saturated rings. The Morgan fingerprint density at radius 2 is 1.95 bits per heavy atom. The molecule has 0 radical (unpaired) electrons. The van der Waals surface area contributed by atoms with E-state index in [0.29, 0.717) is 4.88 Å². The average Bonchev–Trinajstić information content (AvgIpc) is 2.85. The molecule has 0 spiro atoms. The van der Waals surface area contributed by atoms with Gasteiger partial charge in [0.15, 0.2) is 0 Å². The first kappa shape index (κ1) is 14.7. The van der Waals surface area contributed by atoms with Gasteiger partial charge in [-0.15, -0.1) is 11.3 Å². The Bertz CT molecular complexity index is 613. The van der Waals surface area contributed by atoms with Crippen LogP contribution in [0, 0.1) is 0 Å². The maximum atomic E-state index is 12.1. The second-order valence-corrected chi connectivity index (χ2v) is 5.94. The third-order valence-electron chi connectivity index (χ3n) is 2.60. The highest BCUT2D eigenvalue weighted by Crippen LogP contribution is 2.23. The molecule has 1 aromatic carbocycles. The molecule has 0 saturated carbocycles. The van der Waals surface area contributed by atoms with E-state index in [9.17, 15) is 9.59 Å². The predicted octanol–water partition coefficient (Wildman–Crippen LogP) is 3.22. The number of nitrogens with zero attached hydrogens (tertiary/aromatic N) is 1. The van der Waals surface area contributed by atoms with Crippen LogP contribution < -0.4 is 5.32 Å². The summed E-state index contributed by atoms with van der Waals surface area (Å²) in [6.07, 6.45) is 0. The number of benzene rings is 1. The summed E-state index contributed by atoms with van der Waals surface area (Å²) in [4.78, 5) is 26.0. The summed E-state index contributed by atoms with van der Waals surface area (Å²) < 4.78 is 0.753. The summed E-state index contributed by atoms with van der Waals surface area (Å²) in [5.74, 6) is -0.394. The highest BCUT2D eigenvalue weighted by molar-refractivity contribution is 9.10. The maximum Gasteiger partial charge on any atom is 0.265 e. The summed E-state index contributed by atoms with van der Waals surface area (Å²) in [7, 11) is 1.61. The minimum Gasteiger partial charge on any atom is -0.332 e. The highest BCUT2D eigenvalue weighted by atomic mass is 79.9. The number of hydrogen-bond acceptors (Lipinski definition) is 3. The van der Waals surface area contributed by atoms with Gasteiger partial charge in [-0.25, -0.2) is 0 Å². The fourth-order valence-electron chi connectivity index (χ4n) is 1.63. The molecule has 1 aromatic heterocycles. The number of rotatable bonds is 4. The number of para-hydroxylation sites is 1. The first-order chi connectivity index (χ1) is 9.58. The topological polar surface area (TPSA) is 49.4 Å². The molecule has 0 unspecified atom stereocenters. The average molecular weight is 353 g/mol. The lowest BCUT2D eigenvalue weighted by molar-refractivity contribution is -0.116. The van der Waals surface area contributed by atoms with E-state index in [1.165, 1.54) is 16.2 Å². The number of anilines is 1. The number of carbonyl (C=O) groups is 2. The third kappa shape index (κ3) is 3.68. The van der Waals surface area contributed by atoms with Gasteiger partial charge in [0.25, 0.3) is 5.91 Å². The number of hydrogen-bond donors (Lipinski definition) is 1. The molecule has 0 aliphatic heterocycles. The molecule has 20 heavy (non-hydrogen) atoms. The summed E-state index contributed by atoms with van der Waals surface area (Å²) in [6.45, 7) is 0.0120. The number of amides is 2. The summed E-state index contributed by atoms with van der Waals surface area (Å²) >= 11 is 4.66. The maximum absolute atomic E-state index is 12.1. The molecular weight excluding hydrogens is 340 g/mol. The molecule has 0 saturated heterocycles. The van der Waals surface area contributed by atoms with Crippen molar-refractivity contribution >= 4 is 44.8 Å². The molecule has 2 amide bonds. The molecule has 0 atom stereocenters. The van der Waals surface area contributed by atoms with E-state index in [1.54, 1.807) is 19.2 Å². The minimum absolute atomic E-state index is 0.0120. The normalized spacial score (nSPS) is 10.1. The molecule has 2 rings (SSSR count). The molecule has 2 aromatic rings. The Balaban J connectivity index is 1.94. The van der Waals surface area contributed by atoms with Gasteiger partial charge in [-0.05, 0) is 39.5 Å². The molecule has 0 aliphatic carbocycles. The molecule has 4 nitrogen and oxygen atoms in total. The third-order valence-corrected chi connectivity index (χ3v) is 4.42. The van der Waals surface area contributed by atoms with Gasteiger partial charge in [-0.3, -0.25) is 9.59 Å². The lowest BCUT2D eigenvalue weighted by Crippen LogP contribution is -2.34. The van der Waals surface area contributed by atoms with Gasteiger partial charge in [-0.1, -0.05) is 18.2 Å². The molecule has 104 valence electrons. The van der Waals surface area contributed by atoms with Gasteiger partial charge in [0.1, 0.15) is 4.88 Å². The fourth-order valence-corrected chi connectivity index (χ4v) is 3.16. The Morgan fingerprint density at radius 1 is 1.25 bits per heavy atom. The van der Waals surface area contributed by atoms with Crippen molar-refractivity contribution < 1.29 is 9.59 Å². The van der Waals surface area contributed by atoms with Crippen LogP contribution in [0.3, 0.4) is 0 Å². The lowest BCUT2D eigenvalue weighted by atomic mass is 10.3. The molecule has 0 bridgehead atoms. The van der Waals surface area contributed by atoms with E-state index in [0.717, 1.165) is 10.2 Å². The summed E-state index contributed by atoms with van der Waals surface area (Å²) in [6, 6.07) is 11.0. The van der Waals surface area contributed by atoms with Gasteiger partial charge < -0.3 is 10.2 Å². The summed E-state index contributed by atoms with van der Waals surface area (Å²) in [5.41, 5.74) is 0.718. The number of halogens is 1. The first-order valence-corrected chi connectivity index (χ1v) is 7.58. The van der Waals surface area contributed by atoms with Crippen molar-refractivity contribution in [3.05, 3.63) is 51.1 Å². The first-order valence-electron chi connectivity index (χ1n) is 5.91. The summed E-state index contributed by atoms with van der Waals surface area (Å²) in [5, 5.41) is 4.58. The van der Waals surface area contributed by atoms with Crippen molar-refractivity contribution in [2.75, 3.05) is 18.9 Å². The molecule has 1 heterocycles. The van der Waals surface area contributed by atoms with Crippen LogP contribution in [0.1, 0.15) is 9.67 Å². The van der Waals surface area contributed by atoms with Crippen LogP contribution in [0.2, 0.25) is 0 Å². The fraction of sp³-hybridized carbons (Fsp3) is 0.143. The second kappa shape index (κ2) is 6.67. The SMILES string of the molecule is CN(CC(=O)Nc1ccccc1)C(=O)c1sccc1Br. The number of nitrogens with one attached hydrogen (secondary N) is 1. The highest BCUT2D eigenvalue weighted by Gasteiger charge is 2.18. The smallest absolute Gasteiger partial charge is 0.265 e. The van der Waals surface area contributed by atoms with Gasteiger partial charge in [-0.2, -0.15) is 0 Å². The van der Waals surface area contributed by atoms with Crippen LogP contribution in [0.25, 0.3) is 0 Å². The quantitative estimate of drug-likeness (QED) is 0.918. The standard InChI is InChI=1S/C14H13BrN2O2S/c1-17(14(19)13-11(15)7-8-20-13)9-12(18)16-10-5-3-2-4-6-10/h2-8H,9H2,1H3,(H,16,18). The van der Waals surface area contributed by atoms with Crippen molar-refractivity contribution in [2.45, 2.75) is 0 Å². The molecule has 1 N–H and O–H groups in total. The zero-order chi connectivity index (χ0) is 14.5. The van der Waals surface area contributed by atoms with Crippen LogP contribution in [0.5, 0.6) is 0 Å². The number of thiophene rings is 1. The molecular formula is C14H13BrN2O2S. The van der Waals surface area contributed by atoms with E-state index < -0.39 is 0 Å². The van der Waals surface area contributed by atoms with Crippen LogP contribution in [-0.2, 0) is 4.79 Å². The second-order valence-electron chi connectivity index (χ2n) is 4.17. The van der Waals surface area contributed by atoms with Crippen molar-refractivity contribution in [3.63, 3.8) is 0 Å². The largest absolute Gasteiger partial charge is 0.332 e. The predicted molar refractivity (Wildman–Crippen MR) is 84.1 cm³/mol.